The molecule has 1 aromatic carbocycles. The lowest BCUT2D eigenvalue weighted by Crippen LogP contribution is -2.32. The number of ether oxygens (including phenoxy) is 1. The molecule has 0 saturated carbocycles. The zero-order valence-corrected chi connectivity index (χ0v) is 14.1. The van der Waals surface area contributed by atoms with Crippen molar-refractivity contribution in [1.29, 1.82) is 5.26 Å². The Labute approximate surface area is 139 Å². The Morgan fingerprint density at radius 1 is 1.59 bits per heavy atom. The van der Waals surface area contributed by atoms with Gasteiger partial charge in [0, 0.05) is 16.1 Å². The number of amides is 1. The average molecular weight is 361 g/mol. The summed E-state index contributed by atoms with van der Waals surface area (Å²) in [7, 11) is 0. The lowest BCUT2D eigenvalue weighted by molar-refractivity contribution is -0.117. The van der Waals surface area contributed by atoms with Gasteiger partial charge in [0.25, 0.3) is 5.91 Å². The molecule has 0 radical (unpaired) electrons. The number of rotatable bonds is 6. The monoisotopic (exact) mass is 360 g/mol. The van der Waals surface area contributed by atoms with Crippen LogP contribution in [-0.4, -0.2) is 18.6 Å². The summed E-state index contributed by atoms with van der Waals surface area (Å²) in [5, 5.41) is 12.0. The number of carbonyl (C=O) groups excluding carboxylic acids is 1. The molecule has 0 unspecified atom stereocenters. The standard InChI is InChI=1S/C17H17BrN2O2/c1-4-8-22-16-7-6-15(18)10-13(16)9-14(11-19)17(21)20-12(3)5-2/h1,6-7,9-10,12H,5,8H2,2-3H3,(H,20,21)/b14-9+/t12-/m0/s1. The van der Waals surface area contributed by atoms with E-state index in [1.165, 1.54) is 6.08 Å². The molecular weight excluding hydrogens is 344 g/mol. The highest BCUT2D eigenvalue weighted by Gasteiger charge is 2.13. The molecule has 1 amide bonds. The third-order valence-electron chi connectivity index (χ3n) is 2.94. The van der Waals surface area contributed by atoms with Crippen LogP contribution >= 0.6 is 15.9 Å². The van der Waals surface area contributed by atoms with Crippen LogP contribution in [0.4, 0.5) is 0 Å². The van der Waals surface area contributed by atoms with Crippen molar-refractivity contribution in [2.45, 2.75) is 26.3 Å². The fourth-order valence-corrected chi connectivity index (χ4v) is 1.97. The molecule has 0 saturated heterocycles. The van der Waals surface area contributed by atoms with E-state index >= 15 is 0 Å². The maximum Gasteiger partial charge on any atom is 0.262 e. The zero-order chi connectivity index (χ0) is 16.5. The van der Waals surface area contributed by atoms with Crippen LogP contribution in [0.5, 0.6) is 5.75 Å². The van der Waals surface area contributed by atoms with E-state index in [1.54, 1.807) is 18.2 Å². The SMILES string of the molecule is C#CCOc1ccc(Br)cc1/C=C(\C#N)C(=O)N[C@@H](C)CC. The van der Waals surface area contributed by atoms with Crippen molar-refractivity contribution in [2.75, 3.05) is 6.61 Å². The van der Waals surface area contributed by atoms with Gasteiger partial charge in [-0.1, -0.05) is 28.8 Å². The van der Waals surface area contributed by atoms with Crippen molar-refractivity contribution in [2.24, 2.45) is 0 Å². The molecule has 22 heavy (non-hydrogen) atoms. The molecule has 0 aromatic heterocycles. The maximum atomic E-state index is 12.1. The molecule has 0 aliphatic rings. The van der Waals surface area contributed by atoms with Gasteiger partial charge < -0.3 is 10.1 Å². The molecule has 0 bridgehead atoms. The van der Waals surface area contributed by atoms with Gasteiger partial charge in [0.2, 0.25) is 0 Å². The Balaban J connectivity index is 3.12. The molecule has 5 heteroatoms. The normalized spacial score (nSPS) is 12.0. The maximum absolute atomic E-state index is 12.1. The predicted molar refractivity (Wildman–Crippen MR) is 90.0 cm³/mol. The third-order valence-corrected chi connectivity index (χ3v) is 3.43. The molecule has 0 heterocycles. The lowest BCUT2D eigenvalue weighted by Gasteiger charge is -2.11. The van der Waals surface area contributed by atoms with Crippen molar-refractivity contribution in [3.63, 3.8) is 0 Å². The second-order valence-corrected chi connectivity index (χ2v) is 5.54. The van der Waals surface area contributed by atoms with Gasteiger partial charge in [-0.2, -0.15) is 5.26 Å². The molecule has 0 spiro atoms. The van der Waals surface area contributed by atoms with Gasteiger partial charge in [-0.3, -0.25) is 4.79 Å². The van der Waals surface area contributed by atoms with Crippen LogP contribution < -0.4 is 10.1 Å². The number of nitrogens with one attached hydrogen (secondary N) is 1. The van der Waals surface area contributed by atoms with E-state index in [-0.39, 0.29) is 18.2 Å². The molecule has 0 fully saturated rings. The summed E-state index contributed by atoms with van der Waals surface area (Å²) in [6, 6.07) is 7.22. The number of halogens is 1. The molecule has 1 N–H and O–H groups in total. The fourth-order valence-electron chi connectivity index (χ4n) is 1.59. The second-order valence-electron chi connectivity index (χ2n) is 4.63. The highest BCUT2D eigenvalue weighted by Crippen LogP contribution is 2.25. The molecular formula is C17H17BrN2O2. The Bertz CT molecular complexity index is 654. The molecule has 1 rings (SSSR count). The Morgan fingerprint density at radius 2 is 2.32 bits per heavy atom. The molecule has 0 aliphatic carbocycles. The van der Waals surface area contributed by atoms with E-state index in [9.17, 15) is 10.1 Å². The first-order valence-electron chi connectivity index (χ1n) is 6.80. The second kappa shape index (κ2) is 8.92. The Kier molecular flexibility index (Phi) is 7.22. The Morgan fingerprint density at radius 3 is 2.91 bits per heavy atom. The number of nitriles is 1. The fraction of sp³-hybridized carbons (Fsp3) is 0.294. The van der Waals surface area contributed by atoms with Gasteiger partial charge in [-0.05, 0) is 37.6 Å². The first kappa shape index (κ1) is 17.8. The summed E-state index contributed by atoms with van der Waals surface area (Å²) in [6.07, 6.45) is 7.47. The third kappa shape index (κ3) is 5.27. The summed E-state index contributed by atoms with van der Waals surface area (Å²) in [6.45, 7) is 3.96. The van der Waals surface area contributed by atoms with Crippen LogP contribution in [0.3, 0.4) is 0 Å². The molecule has 1 atom stereocenters. The smallest absolute Gasteiger partial charge is 0.262 e. The van der Waals surface area contributed by atoms with E-state index < -0.39 is 5.91 Å². The van der Waals surface area contributed by atoms with Crippen molar-refractivity contribution < 1.29 is 9.53 Å². The summed E-state index contributed by atoms with van der Waals surface area (Å²) < 4.78 is 6.24. The zero-order valence-electron chi connectivity index (χ0n) is 12.5. The van der Waals surface area contributed by atoms with Crippen molar-refractivity contribution >= 4 is 27.9 Å². The number of nitrogens with zero attached hydrogens (tertiary/aromatic N) is 1. The molecule has 4 nitrogen and oxygen atoms in total. The van der Waals surface area contributed by atoms with Crippen LogP contribution in [-0.2, 0) is 4.79 Å². The number of terminal acetylenes is 1. The minimum Gasteiger partial charge on any atom is -0.480 e. The molecule has 0 aliphatic heterocycles. The summed E-state index contributed by atoms with van der Waals surface area (Å²) in [5.41, 5.74) is 0.629. The molecule has 1 aromatic rings. The van der Waals surface area contributed by atoms with Crippen LogP contribution in [0.15, 0.2) is 28.2 Å². The number of carbonyl (C=O) groups is 1. The number of hydrogen-bond donors (Lipinski definition) is 1. The van der Waals surface area contributed by atoms with Crippen LogP contribution in [0.2, 0.25) is 0 Å². The predicted octanol–water partition coefficient (Wildman–Crippen LogP) is 3.28. The number of benzene rings is 1. The van der Waals surface area contributed by atoms with Gasteiger partial charge in [-0.15, -0.1) is 6.42 Å². The first-order valence-corrected chi connectivity index (χ1v) is 7.59. The molecule has 114 valence electrons. The lowest BCUT2D eigenvalue weighted by atomic mass is 10.1. The van der Waals surface area contributed by atoms with Gasteiger partial charge in [0.1, 0.15) is 24.0 Å². The van der Waals surface area contributed by atoms with Crippen molar-refractivity contribution in [3.8, 4) is 24.2 Å². The summed E-state index contributed by atoms with van der Waals surface area (Å²) >= 11 is 3.36. The average Bonchev–Trinajstić information content (AvgIpc) is 2.51. The van der Waals surface area contributed by atoms with Gasteiger partial charge in [-0.25, -0.2) is 0 Å². The van der Waals surface area contributed by atoms with Crippen molar-refractivity contribution in [1.82, 2.24) is 5.32 Å². The van der Waals surface area contributed by atoms with E-state index in [0.717, 1.165) is 10.9 Å². The van der Waals surface area contributed by atoms with Gasteiger partial charge in [0.05, 0.1) is 0 Å². The van der Waals surface area contributed by atoms with Gasteiger partial charge >= 0.3 is 0 Å². The van der Waals surface area contributed by atoms with Crippen LogP contribution in [0.25, 0.3) is 6.08 Å². The van der Waals surface area contributed by atoms with Crippen LogP contribution in [0.1, 0.15) is 25.8 Å². The quantitative estimate of drug-likeness (QED) is 0.481. The summed E-state index contributed by atoms with van der Waals surface area (Å²) in [4.78, 5) is 12.1. The van der Waals surface area contributed by atoms with E-state index in [2.05, 4.69) is 27.2 Å². The van der Waals surface area contributed by atoms with E-state index in [0.29, 0.717) is 11.3 Å². The van der Waals surface area contributed by atoms with E-state index in [1.807, 2.05) is 19.9 Å². The van der Waals surface area contributed by atoms with E-state index in [4.69, 9.17) is 11.2 Å². The highest BCUT2D eigenvalue weighted by molar-refractivity contribution is 9.10. The minimum atomic E-state index is -0.403. The van der Waals surface area contributed by atoms with Gasteiger partial charge in [0.15, 0.2) is 0 Å². The summed E-state index contributed by atoms with van der Waals surface area (Å²) in [5.74, 6) is 2.50. The number of hydrogen-bond acceptors (Lipinski definition) is 3. The first-order chi connectivity index (χ1) is 10.5. The van der Waals surface area contributed by atoms with Crippen molar-refractivity contribution in [3.05, 3.63) is 33.8 Å². The minimum absolute atomic E-state index is 0.00363. The Hall–Kier alpha value is -2.24. The van der Waals surface area contributed by atoms with Crippen LogP contribution in [0, 0.1) is 23.7 Å². The largest absolute Gasteiger partial charge is 0.480 e. The topological polar surface area (TPSA) is 62.1 Å². The highest BCUT2D eigenvalue weighted by atomic mass is 79.9.